The lowest BCUT2D eigenvalue weighted by atomic mass is 9.91. The monoisotopic (exact) mass is 363 g/mol. The number of thiazole rings is 1. The Kier molecular flexibility index (Phi) is 5.46. The Labute approximate surface area is 154 Å². The third-order valence-corrected chi connectivity index (χ3v) is 6.12. The molecule has 0 radical (unpaired) electrons. The molecule has 2 aliphatic rings. The molecule has 1 fully saturated rings. The minimum Gasteiger partial charge on any atom is -0.341 e. The molecule has 0 saturated carbocycles. The van der Waals surface area contributed by atoms with Crippen molar-refractivity contribution in [1.29, 1.82) is 0 Å². The summed E-state index contributed by atoms with van der Waals surface area (Å²) in [4.78, 5) is 33.0. The maximum absolute atomic E-state index is 12.7. The summed E-state index contributed by atoms with van der Waals surface area (Å²) in [6.45, 7) is 7.07. The Hall–Kier alpha value is -1.43. The third-order valence-electron chi connectivity index (χ3n) is 5.05. The lowest BCUT2D eigenvalue weighted by molar-refractivity contribution is -0.142. The van der Waals surface area contributed by atoms with E-state index in [1.165, 1.54) is 29.8 Å². The van der Waals surface area contributed by atoms with Crippen LogP contribution < -0.4 is 5.32 Å². The van der Waals surface area contributed by atoms with E-state index in [4.69, 9.17) is 0 Å². The number of nitrogens with zero attached hydrogens (tertiary/aromatic N) is 2. The molecule has 3 rings (SSSR count). The van der Waals surface area contributed by atoms with Crippen LogP contribution in [-0.2, 0) is 22.4 Å². The topological polar surface area (TPSA) is 62.3 Å². The minimum atomic E-state index is -0.398. The van der Waals surface area contributed by atoms with Gasteiger partial charge in [-0.3, -0.25) is 9.59 Å². The van der Waals surface area contributed by atoms with Gasteiger partial charge in [0.1, 0.15) is 0 Å². The van der Waals surface area contributed by atoms with Crippen molar-refractivity contribution >= 4 is 28.3 Å². The van der Waals surface area contributed by atoms with Crippen molar-refractivity contribution in [1.82, 2.24) is 9.88 Å². The Morgan fingerprint density at radius 3 is 2.68 bits per heavy atom. The average molecular weight is 364 g/mol. The summed E-state index contributed by atoms with van der Waals surface area (Å²) in [6.07, 6.45) is 7.51. The molecule has 1 N–H and O–H groups in total. The van der Waals surface area contributed by atoms with Gasteiger partial charge in [-0.05, 0) is 38.5 Å². The van der Waals surface area contributed by atoms with Gasteiger partial charge in [0.05, 0.1) is 11.6 Å². The third kappa shape index (κ3) is 4.40. The Morgan fingerprint density at radius 2 is 1.92 bits per heavy atom. The summed E-state index contributed by atoms with van der Waals surface area (Å²) in [6, 6.07) is 0. The highest BCUT2D eigenvalue weighted by Crippen LogP contribution is 2.30. The van der Waals surface area contributed by atoms with Crippen molar-refractivity contribution < 1.29 is 9.59 Å². The van der Waals surface area contributed by atoms with E-state index >= 15 is 0 Å². The van der Waals surface area contributed by atoms with Gasteiger partial charge in [-0.25, -0.2) is 4.98 Å². The summed E-state index contributed by atoms with van der Waals surface area (Å²) in [5.74, 6) is 0.00466. The molecule has 0 aromatic carbocycles. The van der Waals surface area contributed by atoms with E-state index in [1.807, 2.05) is 25.7 Å². The number of aromatic nitrogens is 1. The first-order chi connectivity index (χ1) is 11.8. The van der Waals surface area contributed by atoms with Crippen LogP contribution in [0.3, 0.4) is 0 Å². The predicted octanol–water partition coefficient (Wildman–Crippen LogP) is 3.64. The Bertz CT molecular complexity index is 624. The molecule has 0 bridgehead atoms. The summed E-state index contributed by atoms with van der Waals surface area (Å²) < 4.78 is 0. The maximum Gasteiger partial charge on any atom is 0.231 e. The van der Waals surface area contributed by atoms with Gasteiger partial charge < -0.3 is 10.2 Å². The molecule has 0 spiro atoms. The Morgan fingerprint density at radius 1 is 1.16 bits per heavy atom. The van der Waals surface area contributed by atoms with Gasteiger partial charge >= 0.3 is 0 Å². The number of likely N-dealkylation sites (tertiary alicyclic amines) is 1. The summed E-state index contributed by atoms with van der Waals surface area (Å²) in [5, 5.41) is 3.75. The number of nitrogens with one attached hydrogen (secondary N) is 1. The van der Waals surface area contributed by atoms with Gasteiger partial charge in [0.25, 0.3) is 0 Å². The molecule has 1 unspecified atom stereocenters. The quantitative estimate of drug-likeness (QED) is 0.816. The van der Waals surface area contributed by atoms with E-state index in [0.29, 0.717) is 6.54 Å². The zero-order valence-corrected chi connectivity index (χ0v) is 16.4. The van der Waals surface area contributed by atoms with Crippen LogP contribution in [0, 0.1) is 11.3 Å². The zero-order chi connectivity index (χ0) is 18.0. The number of fused-ring (bicyclic) bond motifs is 1. The van der Waals surface area contributed by atoms with E-state index < -0.39 is 5.41 Å². The molecule has 6 heteroatoms. The predicted molar refractivity (Wildman–Crippen MR) is 101 cm³/mol. The number of carbonyl (C=O) groups is 2. The van der Waals surface area contributed by atoms with Crippen molar-refractivity contribution in [2.75, 3.05) is 18.4 Å². The van der Waals surface area contributed by atoms with Gasteiger partial charge in [-0.15, -0.1) is 11.3 Å². The van der Waals surface area contributed by atoms with Crippen molar-refractivity contribution in [3.8, 4) is 0 Å². The molecule has 1 atom stereocenters. The number of amides is 2. The van der Waals surface area contributed by atoms with Crippen molar-refractivity contribution in [3.63, 3.8) is 0 Å². The van der Waals surface area contributed by atoms with Crippen LogP contribution >= 0.6 is 11.3 Å². The molecular weight excluding hydrogens is 334 g/mol. The number of aryl methyl sites for hydroxylation is 2. The molecule has 138 valence electrons. The molecule has 2 amide bonds. The highest BCUT2D eigenvalue weighted by molar-refractivity contribution is 7.15. The lowest BCUT2D eigenvalue weighted by Gasteiger charge is -2.35. The number of anilines is 1. The molecular formula is C19H29N3O2S. The molecule has 2 heterocycles. The largest absolute Gasteiger partial charge is 0.341 e. The fourth-order valence-electron chi connectivity index (χ4n) is 3.64. The molecule has 25 heavy (non-hydrogen) atoms. The lowest BCUT2D eigenvalue weighted by Crippen LogP contribution is -2.47. The standard InChI is InChI=1S/C19H29N3O2S/c1-19(2,3)17(24)22-11-7-8-13(12-22)16(23)21-18-20-14-9-5-4-6-10-15(14)25-18/h13H,4-12H2,1-3H3,(H,20,21,23). The van der Waals surface area contributed by atoms with Gasteiger partial charge in [0, 0.05) is 23.4 Å². The SMILES string of the molecule is CC(C)(C)C(=O)N1CCCC(C(=O)Nc2nc3c(s2)CCCCC3)C1. The second-order valence-corrected chi connectivity index (χ2v) is 9.36. The second-order valence-electron chi connectivity index (χ2n) is 8.28. The zero-order valence-electron chi connectivity index (χ0n) is 15.6. The molecule has 5 nitrogen and oxygen atoms in total. The van der Waals surface area contributed by atoms with E-state index in [2.05, 4.69) is 10.3 Å². The number of hydrogen-bond acceptors (Lipinski definition) is 4. The molecule has 1 aromatic rings. The van der Waals surface area contributed by atoms with Crippen LogP contribution in [0.4, 0.5) is 5.13 Å². The highest BCUT2D eigenvalue weighted by atomic mass is 32.1. The average Bonchev–Trinajstić information content (AvgIpc) is 2.81. The summed E-state index contributed by atoms with van der Waals surface area (Å²) in [7, 11) is 0. The fraction of sp³-hybridized carbons (Fsp3) is 0.737. The normalized spacial score (nSPS) is 21.4. The highest BCUT2D eigenvalue weighted by Gasteiger charge is 2.33. The van der Waals surface area contributed by atoms with Crippen LogP contribution in [0.1, 0.15) is 63.4 Å². The second kappa shape index (κ2) is 7.44. The van der Waals surface area contributed by atoms with Crippen LogP contribution in [0.5, 0.6) is 0 Å². The molecule has 1 saturated heterocycles. The Balaban J connectivity index is 1.62. The summed E-state index contributed by atoms with van der Waals surface area (Å²) >= 11 is 1.63. The maximum atomic E-state index is 12.7. The van der Waals surface area contributed by atoms with E-state index in [1.54, 1.807) is 11.3 Å². The first kappa shape index (κ1) is 18.4. The first-order valence-electron chi connectivity index (χ1n) is 9.43. The van der Waals surface area contributed by atoms with Crippen molar-refractivity contribution in [2.24, 2.45) is 11.3 Å². The number of carbonyl (C=O) groups excluding carboxylic acids is 2. The van der Waals surface area contributed by atoms with Crippen LogP contribution in [0.15, 0.2) is 0 Å². The molecule has 1 aliphatic heterocycles. The van der Waals surface area contributed by atoms with E-state index in [-0.39, 0.29) is 17.7 Å². The molecule has 1 aromatic heterocycles. The van der Waals surface area contributed by atoms with Crippen LogP contribution in [-0.4, -0.2) is 34.8 Å². The first-order valence-corrected chi connectivity index (χ1v) is 10.2. The van der Waals surface area contributed by atoms with Gasteiger partial charge in [0.2, 0.25) is 11.8 Å². The fourth-order valence-corrected chi connectivity index (χ4v) is 4.69. The number of hydrogen-bond donors (Lipinski definition) is 1. The van der Waals surface area contributed by atoms with Gasteiger partial charge in [-0.1, -0.05) is 27.2 Å². The molecule has 1 aliphatic carbocycles. The van der Waals surface area contributed by atoms with E-state index in [0.717, 1.165) is 37.4 Å². The summed E-state index contributed by atoms with van der Waals surface area (Å²) in [5.41, 5.74) is 0.775. The minimum absolute atomic E-state index is 0.00955. The number of rotatable bonds is 2. The van der Waals surface area contributed by atoms with Crippen molar-refractivity contribution in [3.05, 3.63) is 10.6 Å². The smallest absolute Gasteiger partial charge is 0.231 e. The number of piperidine rings is 1. The van der Waals surface area contributed by atoms with E-state index in [9.17, 15) is 9.59 Å². The van der Waals surface area contributed by atoms with Crippen LogP contribution in [0.2, 0.25) is 0 Å². The van der Waals surface area contributed by atoms with Gasteiger partial charge in [-0.2, -0.15) is 0 Å². The van der Waals surface area contributed by atoms with Gasteiger partial charge in [0.15, 0.2) is 5.13 Å². The van der Waals surface area contributed by atoms with Crippen molar-refractivity contribution in [2.45, 2.75) is 65.7 Å². The van der Waals surface area contributed by atoms with Crippen LogP contribution in [0.25, 0.3) is 0 Å².